The first-order valence-corrected chi connectivity index (χ1v) is 11.1. The third-order valence-corrected chi connectivity index (χ3v) is 6.05. The number of hydrogen-bond acceptors (Lipinski definition) is 7. The molecule has 30 heavy (non-hydrogen) atoms. The quantitative estimate of drug-likeness (QED) is 0.417. The average molecular weight is 521 g/mol. The number of nitrogens with one attached hydrogen (secondary N) is 1. The average Bonchev–Trinajstić information content (AvgIpc) is 3.39. The van der Waals surface area contributed by atoms with Crippen LogP contribution >= 0.6 is 22.6 Å². The zero-order valence-electron chi connectivity index (χ0n) is 16.4. The highest BCUT2D eigenvalue weighted by molar-refractivity contribution is 14.1. The van der Waals surface area contributed by atoms with Gasteiger partial charge in [-0.1, -0.05) is 40.8 Å². The van der Waals surface area contributed by atoms with E-state index in [1.54, 1.807) is 18.5 Å². The maximum Gasteiger partial charge on any atom is 0.256 e. The van der Waals surface area contributed by atoms with Crippen LogP contribution in [0.2, 0.25) is 0 Å². The van der Waals surface area contributed by atoms with Crippen LogP contribution in [-0.4, -0.2) is 54.0 Å². The Morgan fingerprint density at radius 1 is 1.17 bits per heavy atom. The number of benzene rings is 1. The highest BCUT2D eigenvalue weighted by Crippen LogP contribution is 2.44. The fourth-order valence-corrected chi connectivity index (χ4v) is 4.61. The molecule has 0 unspecified atom stereocenters. The van der Waals surface area contributed by atoms with Crippen LogP contribution in [0.15, 0.2) is 43.0 Å². The number of imidazole rings is 1. The van der Waals surface area contributed by atoms with Gasteiger partial charge in [-0.25, -0.2) is 15.0 Å². The number of anilines is 1. The van der Waals surface area contributed by atoms with Gasteiger partial charge in [-0.2, -0.15) is 0 Å². The Kier molecular flexibility index (Phi) is 4.96. The Balaban J connectivity index is 1.47. The number of carbonyl (C=O) groups excluding carboxylic acids is 1. The molecule has 0 spiro atoms. The minimum atomic E-state index is -0.679. The summed E-state index contributed by atoms with van der Waals surface area (Å²) < 4.78 is 21.0. The third kappa shape index (κ3) is 3.37. The van der Waals surface area contributed by atoms with Crippen LogP contribution in [0.5, 0.6) is 0 Å². The van der Waals surface area contributed by atoms with Crippen molar-refractivity contribution in [2.75, 3.05) is 9.74 Å². The predicted octanol–water partition coefficient (Wildman–Crippen LogP) is 2.93. The normalized spacial score (nSPS) is 27.3. The predicted molar refractivity (Wildman–Crippen MR) is 116 cm³/mol. The van der Waals surface area contributed by atoms with Crippen molar-refractivity contribution in [1.82, 2.24) is 19.5 Å². The van der Waals surface area contributed by atoms with Crippen molar-refractivity contribution in [2.24, 2.45) is 0 Å². The first kappa shape index (κ1) is 19.8. The monoisotopic (exact) mass is 521 g/mol. The topological polar surface area (TPSA) is 100 Å². The zero-order valence-corrected chi connectivity index (χ0v) is 18.5. The van der Waals surface area contributed by atoms with E-state index in [0.717, 1.165) is 4.43 Å². The van der Waals surface area contributed by atoms with Crippen LogP contribution in [0.25, 0.3) is 11.2 Å². The lowest BCUT2D eigenvalue weighted by atomic mass is 10.1. The van der Waals surface area contributed by atoms with E-state index in [1.807, 2.05) is 36.6 Å². The summed E-state index contributed by atoms with van der Waals surface area (Å²) in [6.45, 7) is 3.80. The summed E-state index contributed by atoms with van der Waals surface area (Å²) >= 11 is 2.29. The van der Waals surface area contributed by atoms with E-state index in [9.17, 15) is 4.79 Å². The molecule has 4 heterocycles. The van der Waals surface area contributed by atoms with Crippen molar-refractivity contribution in [3.8, 4) is 0 Å². The van der Waals surface area contributed by atoms with Crippen molar-refractivity contribution in [3.63, 3.8) is 0 Å². The zero-order chi connectivity index (χ0) is 20.9. The summed E-state index contributed by atoms with van der Waals surface area (Å²) in [5, 5.41) is 2.82. The third-order valence-electron chi connectivity index (χ3n) is 5.18. The molecule has 2 aliphatic rings. The summed E-state index contributed by atoms with van der Waals surface area (Å²) in [4.78, 5) is 25.6. The summed E-state index contributed by atoms with van der Waals surface area (Å²) in [5.74, 6) is -0.597. The van der Waals surface area contributed by atoms with Gasteiger partial charge in [-0.15, -0.1) is 0 Å². The molecule has 4 atom stereocenters. The lowest BCUT2D eigenvalue weighted by Crippen LogP contribution is -2.30. The number of rotatable bonds is 4. The molecule has 156 valence electrons. The van der Waals surface area contributed by atoms with Crippen LogP contribution in [0.3, 0.4) is 0 Å². The molecule has 0 saturated carbocycles. The fraction of sp³-hybridized carbons (Fsp3) is 0.400. The van der Waals surface area contributed by atoms with Gasteiger partial charge in [0.25, 0.3) is 5.91 Å². The Labute approximate surface area is 186 Å². The van der Waals surface area contributed by atoms with Crippen LogP contribution in [0.4, 0.5) is 5.82 Å². The lowest BCUT2D eigenvalue weighted by Gasteiger charge is -2.24. The Morgan fingerprint density at radius 3 is 2.70 bits per heavy atom. The van der Waals surface area contributed by atoms with Gasteiger partial charge in [-0.3, -0.25) is 9.36 Å². The Morgan fingerprint density at radius 2 is 1.93 bits per heavy atom. The smallest absolute Gasteiger partial charge is 0.256 e. The maximum atomic E-state index is 12.6. The number of halogens is 1. The molecule has 2 aliphatic heterocycles. The van der Waals surface area contributed by atoms with Crippen molar-refractivity contribution in [1.29, 1.82) is 0 Å². The molecule has 0 aliphatic carbocycles. The standard InChI is InChI=1S/C20H20IN5O4/c1-20(2)29-14-12(8-21)28-19(15(14)30-20)26-10-24-13-16(22-9-23-17(13)26)25-18(27)11-6-4-3-5-7-11/h3-7,9-10,12,14-15,19H,8H2,1-2H3,(H,22,23,25,27)/t12-,14-,15-,19-/m1/s1. The molecular weight excluding hydrogens is 501 g/mol. The van der Waals surface area contributed by atoms with E-state index in [1.165, 1.54) is 6.33 Å². The highest BCUT2D eigenvalue weighted by atomic mass is 127. The summed E-state index contributed by atoms with van der Waals surface area (Å²) in [5.41, 5.74) is 1.58. The molecule has 2 fully saturated rings. The number of carbonyl (C=O) groups is 1. The number of hydrogen-bond donors (Lipinski definition) is 1. The first-order chi connectivity index (χ1) is 14.5. The molecule has 1 N–H and O–H groups in total. The van der Waals surface area contributed by atoms with Crippen LogP contribution in [0.1, 0.15) is 30.4 Å². The first-order valence-electron chi connectivity index (χ1n) is 9.58. The van der Waals surface area contributed by atoms with Gasteiger partial charge in [0, 0.05) is 9.99 Å². The van der Waals surface area contributed by atoms with E-state index in [2.05, 4.69) is 42.9 Å². The molecular formula is C20H20IN5O4. The minimum Gasteiger partial charge on any atom is -0.348 e. The number of fused-ring (bicyclic) bond motifs is 2. The van der Waals surface area contributed by atoms with Crippen molar-refractivity contribution in [3.05, 3.63) is 48.5 Å². The van der Waals surface area contributed by atoms with Gasteiger partial charge >= 0.3 is 0 Å². The maximum absolute atomic E-state index is 12.6. The van der Waals surface area contributed by atoms with Crippen molar-refractivity contribution >= 4 is 45.5 Å². The van der Waals surface area contributed by atoms with Gasteiger partial charge in [0.2, 0.25) is 0 Å². The second kappa shape index (κ2) is 7.52. The minimum absolute atomic E-state index is 0.0982. The van der Waals surface area contributed by atoms with E-state index in [0.29, 0.717) is 22.5 Å². The van der Waals surface area contributed by atoms with Gasteiger partial charge < -0.3 is 19.5 Å². The largest absolute Gasteiger partial charge is 0.348 e. The van der Waals surface area contributed by atoms with Gasteiger partial charge in [-0.05, 0) is 26.0 Å². The Hall–Kier alpha value is -2.15. The van der Waals surface area contributed by atoms with Crippen LogP contribution in [0, 0.1) is 0 Å². The van der Waals surface area contributed by atoms with E-state index in [-0.39, 0.29) is 24.2 Å². The number of ether oxygens (including phenoxy) is 3. The molecule has 9 nitrogen and oxygen atoms in total. The lowest BCUT2D eigenvalue weighted by molar-refractivity contribution is -0.193. The second-order valence-electron chi connectivity index (χ2n) is 7.65. The summed E-state index contributed by atoms with van der Waals surface area (Å²) in [6, 6.07) is 8.95. The molecule has 0 radical (unpaired) electrons. The summed E-state index contributed by atoms with van der Waals surface area (Å²) in [6.07, 6.45) is 2.06. The van der Waals surface area contributed by atoms with Gasteiger partial charge in [0.15, 0.2) is 29.0 Å². The van der Waals surface area contributed by atoms with Crippen molar-refractivity contribution in [2.45, 2.75) is 44.2 Å². The number of nitrogens with zero attached hydrogens (tertiary/aromatic N) is 4. The van der Waals surface area contributed by atoms with E-state index >= 15 is 0 Å². The molecule has 5 rings (SSSR count). The van der Waals surface area contributed by atoms with Crippen LogP contribution < -0.4 is 5.32 Å². The number of amides is 1. The van der Waals surface area contributed by atoms with Gasteiger partial charge in [0.1, 0.15) is 18.5 Å². The molecule has 1 aromatic carbocycles. The SMILES string of the molecule is CC1(C)O[C@@H]2[C@H](O1)[C@@H](CI)O[C@H]2n1cnc2c(NC(=O)c3ccccc3)ncnc21. The highest BCUT2D eigenvalue weighted by Gasteiger charge is 2.55. The molecule has 10 heteroatoms. The van der Waals surface area contributed by atoms with E-state index < -0.39 is 12.0 Å². The second-order valence-corrected chi connectivity index (χ2v) is 8.53. The van der Waals surface area contributed by atoms with Crippen molar-refractivity contribution < 1.29 is 19.0 Å². The molecule has 1 amide bonds. The molecule has 3 aromatic rings. The number of alkyl halides is 1. The Bertz CT molecular complexity index is 1090. The molecule has 2 saturated heterocycles. The molecule has 2 aromatic heterocycles. The van der Waals surface area contributed by atoms with E-state index in [4.69, 9.17) is 14.2 Å². The van der Waals surface area contributed by atoms with Crippen LogP contribution in [-0.2, 0) is 14.2 Å². The fourth-order valence-electron chi connectivity index (χ4n) is 3.91. The summed E-state index contributed by atoms with van der Waals surface area (Å²) in [7, 11) is 0. The van der Waals surface area contributed by atoms with Gasteiger partial charge in [0.05, 0.1) is 12.4 Å². The molecule has 0 bridgehead atoms. The number of aromatic nitrogens is 4.